The van der Waals surface area contributed by atoms with Crippen LogP contribution in [0.2, 0.25) is 0 Å². The van der Waals surface area contributed by atoms with Gasteiger partial charge in [0.15, 0.2) is 0 Å². The van der Waals surface area contributed by atoms with Crippen molar-refractivity contribution in [1.82, 2.24) is 0 Å². The van der Waals surface area contributed by atoms with Crippen molar-refractivity contribution >= 4 is 0 Å². The summed E-state index contributed by atoms with van der Waals surface area (Å²) < 4.78 is 0. The van der Waals surface area contributed by atoms with Crippen LogP contribution in [0, 0.1) is 19.9 Å². The predicted octanol–water partition coefficient (Wildman–Crippen LogP) is 4.15. The number of hydrogen-bond acceptors (Lipinski definition) is 0. The Morgan fingerprint density at radius 1 is 0.744 bits per heavy atom. The smallest absolute Gasteiger partial charge is 1.00 e. The second kappa shape index (κ2) is 15.3. The van der Waals surface area contributed by atoms with Crippen LogP contribution in [0.1, 0.15) is 74.9 Å². The first-order valence-electron chi connectivity index (χ1n) is 12.9. The van der Waals surface area contributed by atoms with Gasteiger partial charge in [0.25, 0.3) is 0 Å². The number of rotatable bonds is 1. The maximum absolute atomic E-state index is 3.69. The van der Waals surface area contributed by atoms with Crippen molar-refractivity contribution in [2.75, 3.05) is 0 Å². The van der Waals surface area contributed by atoms with E-state index in [1.807, 2.05) is 6.07 Å². The summed E-state index contributed by atoms with van der Waals surface area (Å²) in [7, 11) is 0. The molecule has 0 atom stereocenters. The molecule has 3 heteroatoms. The fourth-order valence-corrected chi connectivity index (χ4v) is 5.22. The van der Waals surface area contributed by atoms with Gasteiger partial charge in [-0.2, -0.15) is 41.5 Å². The molecule has 0 unspecified atom stereocenters. The van der Waals surface area contributed by atoms with Gasteiger partial charge in [-0.15, -0.1) is 29.8 Å². The molecule has 0 amide bonds. The van der Waals surface area contributed by atoms with Crippen molar-refractivity contribution in [3.05, 3.63) is 125 Å². The molecule has 0 aromatic heterocycles. The fourth-order valence-electron chi connectivity index (χ4n) is 5.22. The van der Waals surface area contributed by atoms with Crippen molar-refractivity contribution in [1.29, 1.82) is 0 Å². The van der Waals surface area contributed by atoms with Gasteiger partial charge in [0.2, 0.25) is 0 Å². The van der Waals surface area contributed by atoms with E-state index in [0.29, 0.717) is 0 Å². The first-order chi connectivity index (χ1) is 16.9. The van der Waals surface area contributed by atoms with Crippen molar-refractivity contribution in [2.24, 2.45) is 0 Å². The molecule has 0 heterocycles. The van der Waals surface area contributed by atoms with Crippen molar-refractivity contribution in [2.45, 2.75) is 72.6 Å². The number of benzene rings is 3. The van der Waals surface area contributed by atoms with E-state index in [0.717, 1.165) is 6.42 Å². The number of hydrogen-bond donors (Lipinski definition) is 0. The predicted molar refractivity (Wildman–Crippen MR) is 159 cm³/mol. The van der Waals surface area contributed by atoms with Gasteiger partial charge >= 0.3 is 25.8 Å². The quantitative estimate of drug-likeness (QED) is 0.139. The molecule has 4 aromatic rings. The summed E-state index contributed by atoms with van der Waals surface area (Å²) in [5.41, 5.74) is 14.2. The average molecular weight is 724 g/mol. The summed E-state index contributed by atoms with van der Waals surface area (Å²) in [6.07, 6.45) is 1.03. The fraction of sp³-hybridized carbons (Fsp3) is 0.306. The molecule has 39 heavy (non-hydrogen) atoms. The molecule has 0 N–H and O–H groups in total. The zero-order chi connectivity index (χ0) is 26.7. The molecule has 0 saturated heterocycles. The van der Waals surface area contributed by atoms with Crippen LogP contribution in [0.15, 0.2) is 86.0 Å². The molecular formula is C36H42Cl2Hf. The molecule has 5 rings (SSSR count). The van der Waals surface area contributed by atoms with Crippen molar-refractivity contribution < 1.29 is 50.7 Å². The third-order valence-corrected chi connectivity index (χ3v) is 6.85. The van der Waals surface area contributed by atoms with Crippen molar-refractivity contribution in [3.63, 3.8) is 0 Å². The maximum Gasteiger partial charge on any atom is 4.00 e. The van der Waals surface area contributed by atoms with Gasteiger partial charge < -0.3 is 24.8 Å². The van der Waals surface area contributed by atoms with E-state index in [-0.39, 0.29) is 61.5 Å². The first kappa shape index (κ1) is 37.2. The van der Waals surface area contributed by atoms with Gasteiger partial charge in [-0.3, -0.25) is 0 Å². The summed E-state index contributed by atoms with van der Waals surface area (Å²) in [5, 5.41) is 0. The average Bonchev–Trinajstić information content (AvgIpc) is 3.46. The maximum atomic E-state index is 3.69. The Labute approximate surface area is 269 Å². The van der Waals surface area contributed by atoms with Gasteiger partial charge in [0.05, 0.1) is 0 Å². The Bertz CT molecular complexity index is 1240. The molecule has 1 aliphatic carbocycles. The Balaban J connectivity index is 0.000000767. The van der Waals surface area contributed by atoms with Crippen LogP contribution in [0.3, 0.4) is 0 Å². The second-order valence-electron chi connectivity index (χ2n) is 11.7. The van der Waals surface area contributed by atoms with Gasteiger partial charge in [-0.1, -0.05) is 107 Å². The second-order valence-corrected chi connectivity index (χ2v) is 11.7. The van der Waals surface area contributed by atoms with Crippen LogP contribution in [-0.2, 0) is 43.1 Å². The van der Waals surface area contributed by atoms with Crippen LogP contribution in [0.25, 0.3) is 22.3 Å². The van der Waals surface area contributed by atoms with E-state index in [9.17, 15) is 0 Å². The number of aryl methyl sites for hydroxylation is 2. The monoisotopic (exact) mass is 724 g/mol. The third-order valence-electron chi connectivity index (χ3n) is 6.85. The van der Waals surface area contributed by atoms with Gasteiger partial charge in [-0.05, 0) is 35.4 Å². The summed E-state index contributed by atoms with van der Waals surface area (Å²) in [4.78, 5) is 0. The Kier molecular flexibility index (Phi) is 14.6. The van der Waals surface area contributed by atoms with Crippen LogP contribution in [0.4, 0.5) is 0 Å². The third kappa shape index (κ3) is 8.84. The van der Waals surface area contributed by atoms with Crippen LogP contribution >= 0.6 is 0 Å². The van der Waals surface area contributed by atoms with E-state index in [1.165, 1.54) is 55.6 Å². The summed E-state index contributed by atoms with van der Waals surface area (Å²) in [6.45, 7) is 24.2. The molecule has 0 nitrogen and oxygen atoms in total. The molecule has 0 bridgehead atoms. The molecule has 0 aliphatic heterocycles. The van der Waals surface area contributed by atoms with E-state index in [4.69, 9.17) is 0 Å². The van der Waals surface area contributed by atoms with Crippen LogP contribution in [0.5, 0.6) is 0 Å². The summed E-state index contributed by atoms with van der Waals surface area (Å²) in [6, 6.07) is 29.7. The largest absolute Gasteiger partial charge is 4.00 e. The van der Waals surface area contributed by atoms with E-state index >= 15 is 0 Å². The molecule has 0 radical (unpaired) electrons. The number of halogens is 2. The number of fused-ring (bicyclic) bond motifs is 3. The molecule has 0 spiro atoms. The summed E-state index contributed by atoms with van der Waals surface area (Å²) >= 11 is 0. The van der Waals surface area contributed by atoms with Crippen LogP contribution < -0.4 is 24.8 Å². The van der Waals surface area contributed by atoms with Gasteiger partial charge in [0.1, 0.15) is 0 Å². The van der Waals surface area contributed by atoms with E-state index < -0.39 is 0 Å². The Hall–Kier alpha value is -1.80. The van der Waals surface area contributed by atoms with E-state index in [2.05, 4.69) is 141 Å². The Morgan fingerprint density at radius 3 is 1.82 bits per heavy atom. The zero-order valence-electron chi connectivity index (χ0n) is 24.8. The minimum Gasteiger partial charge on any atom is -1.00 e. The standard InChI is InChI=1S/C23H29.C11H9.C2H4.2ClH.Hf/c1-14-9-16-11-17-10-15(2)21(23(6,7)8)13-19(17)18(16)12-20(14)22(3,4)5;1-2-6-10(7-3-1)11-8-4-5-9-11;1-2;;;/h9,12-13H,11H2,1-8H3;1-9H;1-2H2;2*1H;/q2*-1;;;;+4/p-2. The molecule has 204 valence electrons. The van der Waals surface area contributed by atoms with Gasteiger partial charge in [0, 0.05) is 0 Å². The SMILES string of the molecule is C=C.Cc1[c-]c2c(cc1C(C)(C)C)-c1cc(C(C)(C)C)c(C)cc1C2.[Cl-].[Cl-].[Hf+4].c1ccc(-c2cc[cH-]c2)cc1. The normalized spacial score (nSPS) is 11.1. The molecule has 1 aliphatic rings. The van der Waals surface area contributed by atoms with E-state index in [1.54, 1.807) is 0 Å². The molecule has 0 saturated carbocycles. The summed E-state index contributed by atoms with van der Waals surface area (Å²) in [5.74, 6) is 0. The van der Waals surface area contributed by atoms with Crippen LogP contribution in [-0.4, -0.2) is 0 Å². The topological polar surface area (TPSA) is 0 Å². The van der Waals surface area contributed by atoms with Crippen molar-refractivity contribution in [3.8, 4) is 22.3 Å². The first-order valence-corrected chi connectivity index (χ1v) is 12.9. The minimum absolute atomic E-state index is 0. The molecule has 0 fully saturated rings. The zero-order valence-corrected chi connectivity index (χ0v) is 29.9. The molecular weight excluding hydrogens is 682 g/mol. The Morgan fingerprint density at radius 2 is 1.31 bits per heavy atom. The van der Waals surface area contributed by atoms with Gasteiger partial charge in [-0.25, -0.2) is 6.07 Å². The minimum atomic E-state index is 0. The molecule has 4 aromatic carbocycles.